The van der Waals surface area contributed by atoms with Gasteiger partial charge in [-0.05, 0) is 12.2 Å². The van der Waals surface area contributed by atoms with Crippen LogP contribution in [0, 0.1) is 0 Å². The van der Waals surface area contributed by atoms with E-state index in [0.717, 1.165) is 34.8 Å². The number of thiazole rings is 2. The minimum Gasteiger partial charge on any atom is -0.423 e. The molecule has 0 spiro atoms. The number of ketones is 2. The number of amides is 4. The molecule has 2 aliphatic rings. The first-order chi connectivity index (χ1) is 23.5. The van der Waals surface area contributed by atoms with Gasteiger partial charge < -0.3 is 30.7 Å². The number of ether oxygens (including phenoxy) is 2. The highest BCUT2D eigenvalue weighted by Gasteiger charge is 2.34. The van der Waals surface area contributed by atoms with E-state index in [1.807, 2.05) is 0 Å². The smallest absolute Gasteiger partial charge is 0.308 e. The summed E-state index contributed by atoms with van der Waals surface area (Å²) >= 11 is 1.99. The number of carbonyl (C=O) groups is 8. The molecule has 0 bridgehead atoms. The molecule has 0 radical (unpaired) electrons. The Kier molecular flexibility index (Phi) is 9.87. The lowest BCUT2D eigenvalue weighted by molar-refractivity contribution is -0.132. The first kappa shape index (κ1) is 35.4. The van der Waals surface area contributed by atoms with Gasteiger partial charge in [0.1, 0.15) is 30.4 Å². The highest BCUT2D eigenvalue weighted by molar-refractivity contribution is 7.21. The Morgan fingerprint density at radius 3 is 1.22 bits per heavy atom. The highest BCUT2D eigenvalue weighted by Crippen LogP contribution is 2.50. The summed E-state index contributed by atoms with van der Waals surface area (Å²) in [6.45, 7) is 7.32. The average molecular weight is 721 g/mol. The van der Waals surface area contributed by atoms with Crippen molar-refractivity contribution in [3.05, 3.63) is 57.1 Å². The zero-order chi connectivity index (χ0) is 36.6. The molecule has 5 rings (SSSR count). The van der Waals surface area contributed by atoms with E-state index in [0.29, 0.717) is 0 Å². The lowest BCUT2D eigenvalue weighted by Crippen LogP contribution is -2.31. The number of esters is 2. The fraction of sp³-hybridized carbons (Fsp3) is 0.250. The molecule has 16 nitrogen and oxygen atoms in total. The summed E-state index contributed by atoms with van der Waals surface area (Å²) in [4.78, 5) is 108. The Morgan fingerprint density at radius 2 is 0.920 bits per heavy atom. The summed E-state index contributed by atoms with van der Waals surface area (Å²) in [5, 5.41) is 10.7. The Morgan fingerprint density at radius 1 is 0.580 bits per heavy atom. The monoisotopic (exact) mass is 720 g/mol. The minimum absolute atomic E-state index is 0.0457. The van der Waals surface area contributed by atoms with E-state index in [4.69, 9.17) is 19.4 Å². The zero-order valence-electron chi connectivity index (χ0n) is 27.3. The third-order valence-electron chi connectivity index (χ3n) is 6.86. The molecular weight excluding hydrogens is 693 g/mol. The van der Waals surface area contributed by atoms with Crippen LogP contribution in [0.1, 0.15) is 63.4 Å². The third-order valence-corrected chi connectivity index (χ3v) is 9.13. The normalized spacial score (nSPS) is 17.2. The molecule has 2 heterocycles. The molecule has 2 aliphatic carbocycles. The number of fused-ring (bicyclic) bond motifs is 2. The molecule has 50 heavy (non-hydrogen) atoms. The van der Waals surface area contributed by atoms with Crippen LogP contribution >= 0.6 is 22.7 Å². The Hall–Kier alpha value is -5.88. The number of allylic oxidation sites excluding steroid dienone is 4. The minimum atomic E-state index is -0.879. The van der Waals surface area contributed by atoms with Crippen molar-refractivity contribution in [1.82, 2.24) is 31.2 Å². The van der Waals surface area contributed by atoms with Gasteiger partial charge in [-0.25, -0.2) is 9.97 Å². The van der Waals surface area contributed by atoms with Crippen molar-refractivity contribution in [2.45, 2.75) is 53.4 Å². The molecule has 4 N–H and O–H groups in total. The maximum absolute atomic E-state index is 12.8. The van der Waals surface area contributed by atoms with Crippen molar-refractivity contribution < 1.29 is 47.8 Å². The van der Waals surface area contributed by atoms with Gasteiger partial charge >= 0.3 is 11.9 Å². The average Bonchev–Trinajstić information content (AvgIpc) is 3.62. The van der Waals surface area contributed by atoms with Crippen LogP contribution in [0.15, 0.2) is 47.1 Å². The van der Waals surface area contributed by atoms with Crippen molar-refractivity contribution in [2.75, 3.05) is 0 Å². The standard InChI is InChI=1S/C32H28N6O10S2/c1-11(39)33-19-9-23(45)21(35-13(3)41)7-17(19)31-37-25-27(47-15(5)43)30-26(28(29(25)49-31)48-16(6)44)38-32(50-30)18-8-22(36-14(4)42)24(46)10-20(18)34-12(2)40/h7-10,17-18H,1-6H3,(H,33,39)(H,34,40)(H,35,41)(H,36,42). The fourth-order valence-corrected chi connectivity index (χ4v) is 7.44. The SMILES string of the molecule is CC(=O)NC1=CC(c2nc3c(OC(C)=O)c4sc(C5C=C(NC(C)=O)C(=O)C=C5NC(C)=O)nc4c(OC(C)=O)c3s2)C(NC(C)=O)=CC1=O. The maximum Gasteiger partial charge on any atom is 0.308 e. The van der Waals surface area contributed by atoms with E-state index in [9.17, 15) is 38.4 Å². The van der Waals surface area contributed by atoms with Crippen LogP contribution in [0.2, 0.25) is 0 Å². The number of rotatable bonds is 8. The molecule has 2 aromatic heterocycles. The molecule has 258 valence electrons. The second-order valence-electron chi connectivity index (χ2n) is 11.1. The summed E-state index contributed by atoms with van der Waals surface area (Å²) in [6, 6.07) is 0. The van der Waals surface area contributed by atoms with Gasteiger partial charge in [0.05, 0.1) is 23.2 Å². The van der Waals surface area contributed by atoms with Crippen LogP contribution < -0.4 is 30.7 Å². The zero-order valence-corrected chi connectivity index (χ0v) is 28.9. The fourth-order valence-electron chi connectivity index (χ4n) is 5.17. The molecule has 18 heteroatoms. The summed E-state index contributed by atoms with van der Waals surface area (Å²) in [6.07, 6.45) is 5.16. The molecule has 0 aliphatic heterocycles. The van der Waals surface area contributed by atoms with Crippen LogP contribution in [-0.2, 0) is 38.4 Å². The van der Waals surface area contributed by atoms with Gasteiger partial charge in [0.2, 0.25) is 35.2 Å². The van der Waals surface area contributed by atoms with Crippen LogP contribution in [0.25, 0.3) is 20.4 Å². The molecule has 1 aromatic carbocycles. The van der Waals surface area contributed by atoms with Gasteiger partial charge in [-0.2, -0.15) is 0 Å². The first-order valence-electron chi connectivity index (χ1n) is 14.7. The molecule has 2 atom stereocenters. The van der Waals surface area contributed by atoms with E-state index in [-0.39, 0.29) is 64.7 Å². The number of benzene rings is 1. The highest BCUT2D eigenvalue weighted by atomic mass is 32.1. The van der Waals surface area contributed by atoms with Gasteiger partial charge in [-0.3, -0.25) is 38.4 Å². The molecule has 3 aromatic rings. The number of hydrogen-bond acceptors (Lipinski definition) is 14. The quantitative estimate of drug-likeness (QED) is 0.194. The molecular formula is C32H28N6O10S2. The maximum atomic E-state index is 12.8. The predicted molar refractivity (Wildman–Crippen MR) is 179 cm³/mol. The Balaban J connectivity index is 1.78. The Bertz CT molecular complexity index is 2000. The number of nitrogens with one attached hydrogen (secondary N) is 4. The van der Waals surface area contributed by atoms with E-state index < -0.39 is 59.0 Å². The molecule has 4 amide bonds. The third kappa shape index (κ3) is 7.40. The van der Waals surface area contributed by atoms with Crippen molar-refractivity contribution >= 4 is 90.2 Å². The first-order valence-corrected chi connectivity index (χ1v) is 16.3. The van der Waals surface area contributed by atoms with E-state index >= 15 is 0 Å². The lowest BCUT2D eigenvalue weighted by atomic mass is 9.96. The van der Waals surface area contributed by atoms with Crippen LogP contribution in [0.3, 0.4) is 0 Å². The summed E-state index contributed by atoms with van der Waals surface area (Å²) in [7, 11) is 0. The summed E-state index contributed by atoms with van der Waals surface area (Å²) in [5.41, 5.74) is 0.379. The molecule has 2 unspecified atom stereocenters. The van der Waals surface area contributed by atoms with Crippen LogP contribution in [0.5, 0.6) is 11.5 Å². The van der Waals surface area contributed by atoms with Gasteiger partial charge in [0.15, 0.2) is 11.5 Å². The summed E-state index contributed by atoms with van der Waals surface area (Å²) < 4.78 is 11.8. The molecule has 0 fully saturated rings. The lowest BCUT2D eigenvalue weighted by Gasteiger charge is -2.21. The van der Waals surface area contributed by atoms with Crippen molar-refractivity contribution in [3.63, 3.8) is 0 Å². The van der Waals surface area contributed by atoms with Gasteiger partial charge in [-0.1, -0.05) is 0 Å². The largest absolute Gasteiger partial charge is 0.423 e. The van der Waals surface area contributed by atoms with Crippen molar-refractivity contribution in [2.24, 2.45) is 0 Å². The second-order valence-corrected chi connectivity index (χ2v) is 13.1. The van der Waals surface area contributed by atoms with Crippen LogP contribution in [0.4, 0.5) is 0 Å². The van der Waals surface area contributed by atoms with E-state index in [1.165, 1.54) is 53.7 Å². The number of carbonyl (C=O) groups excluding carboxylic acids is 8. The summed E-state index contributed by atoms with van der Waals surface area (Å²) in [5.74, 6) is -6.37. The van der Waals surface area contributed by atoms with E-state index in [1.54, 1.807) is 0 Å². The predicted octanol–water partition coefficient (Wildman–Crippen LogP) is 2.17. The Labute approximate surface area is 290 Å². The topological polar surface area (TPSA) is 229 Å². The van der Waals surface area contributed by atoms with Crippen molar-refractivity contribution in [1.29, 1.82) is 0 Å². The number of nitrogens with zero attached hydrogens (tertiary/aromatic N) is 2. The van der Waals surface area contributed by atoms with Crippen molar-refractivity contribution in [3.8, 4) is 11.5 Å². The van der Waals surface area contributed by atoms with E-state index in [2.05, 4.69) is 21.3 Å². The molecule has 0 saturated heterocycles. The number of aromatic nitrogens is 2. The van der Waals surface area contributed by atoms with Crippen LogP contribution in [-0.4, -0.2) is 57.1 Å². The molecule has 0 saturated carbocycles. The second kappa shape index (κ2) is 13.9. The van der Waals surface area contributed by atoms with Gasteiger partial charge in [-0.15, -0.1) is 22.7 Å². The van der Waals surface area contributed by atoms with Gasteiger partial charge in [0, 0.05) is 65.1 Å². The van der Waals surface area contributed by atoms with Gasteiger partial charge in [0.25, 0.3) is 0 Å². The number of hydrogen-bond donors (Lipinski definition) is 4.